The molecule has 1 aliphatic heterocycles. The van der Waals surface area contributed by atoms with Gasteiger partial charge < -0.3 is 9.47 Å². The van der Waals surface area contributed by atoms with E-state index in [1.807, 2.05) is 41.8 Å². The van der Waals surface area contributed by atoms with E-state index >= 15 is 0 Å². The van der Waals surface area contributed by atoms with E-state index in [0.29, 0.717) is 28.1 Å². The van der Waals surface area contributed by atoms with Crippen LogP contribution in [0.3, 0.4) is 0 Å². The summed E-state index contributed by atoms with van der Waals surface area (Å²) in [5.41, 5.74) is 2.03. The molecule has 1 aliphatic rings. The maximum Gasteiger partial charge on any atom is 0.261 e. The SMILES string of the molecule is O=C(Nc1nc(-c2ccccc2Cl)cs1)c1ccccc1OCC1CCCO1. The maximum atomic E-state index is 12.8. The third-order valence-electron chi connectivity index (χ3n) is 4.45. The molecule has 1 unspecified atom stereocenters. The number of amides is 1. The second-order valence-corrected chi connectivity index (χ2v) is 7.68. The molecule has 4 rings (SSSR count). The zero-order valence-corrected chi connectivity index (χ0v) is 16.6. The van der Waals surface area contributed by atoms with E-state index in [0.717, 1.165) is 30.7 Å². The van der Waals surface area contributed by atoms with E-state index in [1.54, 1.807) is 12.1 Å². The molecule has 0 aliphatic carbocycles. The molecular weight excluding hydrogens is 396 g/mol. The summed E-state index contributed by atoms with van der Waals surface area (Å²) in [4.78, 5) is 17.2. The molecule has 1 N–H and O–H groups in total. The van der Waals surface area contributed by atoms with Gasteiger partial charge in [0.05, 0.1) is 17.4 Å². The quantitative estimate of drug-likeness (QED) is 0.596. The molecule has 3 aromatic rings. The van der Waals surface area contributed by atoms with Crippen molar-refractivity contribution < 1.29 is 14.3 Å². The summed E-state index contributed by atoms with van der Waals surface area (Å²) in [6.07, 6.45) is 2.12. The lowest BCUT2D eigenvalue weighted by atomic mass is 10.2. The van der Waals surface area contributed by atoms with Gasteiger partial charge >= 0.3 is 0 Å². The Bertz CT molecular complexity index is 970. The molecule has 0 spiro atoms. The van der Waals surface area contributed by atoms with Crippen LogP contribution in [-0.2, 0) is 4.74 Å². The summed E-state index contributed by atoms with van der Waals surface area (Å²) in [6, 6.07) is 14.7. The number of nitrogens with one attached hydrogen (secondary N) is 1. The van der Waals surface area contributed by atoms with Crippen molar-refractivity contribution in [2.45, 2.75) is 18.9 Å². The predicted molar refractivity (Wildman–Crippen MR) is 111 cm³/mol. The van der Waals surface area contributed by atoms with Gasteiger partial charge in [0.15, 0.2) is 5.13 Å². The second-order valence-electron chi connectivity index (χ2n) is 6.41. The van der Waals surface area contributed by atoms with Gasteiger partial charge in [-0.05, 0) is 31.0 Å². The van der Waals surface area contributed by atoms with Gasteiger partial charge in [0.1, 0.15) is 12.4 Å². The van der Waals surface area contributed by atoms with Crippen LogP contribution >= 0.6 is 22.9 Å². The number of benzene rings is 2. The zero-order chi connectivity index (χ0) is 19.3. The standard InChI is InChI=1S/C21H19ClN2O3S/c22-17-9-3-1-7-15(17)18-13-28-21(23-18)24-20(25)16-8-2-4-10-19(16)27-12-14-6-5-11-26-14/h1-4,7-10,13-14H,5-6,11-12H2,(H,23,24,25). The number of aromatic nitrogens is 1. The fourth-order valence-electron chi connectivity index (χ4n) is 3.03. The largest absolute Gasteiger partial charge is 0.490 e. The number of hydrogen-bond acceptors (Lipinski definition) is 5. The van der Waals surface area contributed by atoms with E-state index in [9.17, 15) is 4.79 Å². The fourth-order valence-corrected chi connectivity index (χ4v) is 3.97. The number of rotatable bonds is 6. The Labute approximate surface area is 172 Å². The van der Waals surface area contributed by atoms with Crippen molar-refractivity contribution in [3.05, 3.63) is 64.5 Å². The average Bonchev–Trinajstić information content (AvgIpc) is 3.39. The first-order valence-electron chi connectivity index (χ1n) is 9.06. The van der Waals surface area contributed by atoms with Crippen LogP contribution in [0.15, 0.2) is 53.9 Å². The zero-order valence-electron chi connectivity index (χ0n) is 15.1. The summed E-state index contributed by atoms with van der Waals surface area (Å²) in [6.45, 7) is 1.21. The van der Waals surface area contributed by atoms with Crippen LogP contribution < -0.4 is 10.1 Å². The smallest absolute Gasteiger partial charge is 0.261 e. The van der Waals surface area contributed by atoms with Gasteiger partial charge in [-0.15, -0.1) is 11.3 Å². The monoisotopic (exact) mass is 414 g/mol. The van der Waals surface area contributed by atoms with Crippen LogP contribution in [0.5, 0.6) is 5.75 Å². The fraction of sp³-hybridized carbons (Fsp3) is 0.238. The number of thiazole rings is 1. The molecular formula is C21H19ClN2O3S. The Morgan fingerprint density at radius 1 is 1.25 bits per heavy atom. The van der Waals surface area contributed by atoms with E-state index in [-0.39, 0.29) is 12.0 Å². The topological polar surface area (TPSA) is 60.5 Å². The Hall–Kier alpha value is -2.41. The Morgan fingerprint density at radius 2 is 2.07 bits per heavy atom. The second kappa shape index (κ2) is 8.73. The number of nitrogens with zero attached hydrogens (tertiary/aromatic N) is 1. The molecule has 5 nitrogen and oxygen atoms in total. The summed E-state index contributed by atoms with van der Waals surface area (Å²) in [5, 5.41) is 5.85. The number of para-hydroxylation sites is 1. The van der Waals surface area contributed by atoms with Crippen LogP contribution in [0.25, 0.3) is 11.3 Å². The molecule has 7 heteroatoms. The molecule has 0 saturated carbocycles. The van der Waals surface area contributed by atoms with Gasteiger partial charge in [-0.2, -0.15) is 0 Å². The molecule has 1 atom stereocenters. The molecule has 2 heterocycles. The van der Waals surface area contributed by atoms with Crippen molar-refractivity contribution in [2.75, 3.05) is 18.5 Å². The first-order chi connectivity index (χ1) is 13.7. The van der Waals surface area contributed by atoms with Gasteiger partial charge in [0.2, 0.25) is 0 Å². The lowest BCUT2D eigenvalue weighted by Crippen LogP contribution is -2.19. The van der Waals surface area contributed by atoms with Crippen molar-refractivity contribution in [1.82, 2.24) is 4.98 Å². The van der Waals surface area contributed by atoms with Gasteiger partial charge in [-0.3, -0.25) is 10.1 Å². The van der Waals surface area contributed by atoms with Crippen LogP contribution in [0.4, 0.5) is 5.13 Å². The number of carbonyl (C=O) groups excluding carboxylic acids is 1. The van der Waals surface area contributed by atoms with Crippen LogP contribution in [0, 0.1) is 0 Å². The molecule has 0 radical (unpaired) electrons. The minimum absolute atomic E-state index is 0.0910. The highest BCUT2D eigenvalue weighted by Crippen LogP contribution is 2.31. The molecule has 28 heavy (non-hydrogen) atoms. The summed E-state index contributed by atoms with van der Waals surface area (Å²) < 4.78 is 11.4. The minimum atomic E-state index is -0.261. The Morgan fingerprint density at radius 3 is 2.89 bits per heavy atom. The number of ether oxygens (including phenoxy) is 2. The molecule has 1 saturated heterocycles. The summed E-state index contributed by atoms with van der Waals surface area (Å²) in [5.74, 6) is 0.279. The number of halogens is 1. The van der Waals surface area contributed by atoms with Crippen LogP contribution in [-0.4, -0.2) is 30.2 Å². The van der Waals surface area contributed by atoms with E-state index in [4.69, 9.17) is 21.1 Å². The summed E-state index contributed by atoms with van der Waals surface area (Å²) in [7, 11) is 0. The first-order valence-corrected chi connectivity index (χ1v) is 10.3. The van der Waals surface area contributed by atoms with Crippen molar-refractivity contribution in [3.8, 4) is 17.0 Å². The Kier molecular flexibility index (Phi) is 5.90. The molecule has 1 amide bonds. The van der Waals surface area contributed by atoms with Crippen molar-refractivity contribution in [2.24, 2.45) is 0 Å². The van der Waals surface area contributed by atoms with Gasteiger partial charge in [-0.1, -0.05) is 41.9 Å². The van der Waals surface area contributed by atoms with Gasteiger partial charge in [-0.25, -0.2) is 4.98 Å². The molecule has 1 aromatic heterocycles. The van der Waals surface area contributed by atoms with Gasteiger partial charge in [0.25, 0.3) is 5.91 Å². The number of hydrogen-bond donors (Lipinski definition) is 1. The highest BCUT2D eigenvalue weighted by molar-refractivity contribution is 7.14. The number of anilines is 1. The van der Waals surface area contributed by atoms with Crippen molar-refractivity contribution in [3.63, 3.8) is 0 Å². The van der Waals surface area contributed by atoms with Gasteiger partial charge in [0, 0.05) is 22.6 Å². The summed E-state index contributed by atoms with van der Waals surface area (Å²) >= 11 is 7.58. The van der Waals surface area contributed by atoms with Crippen LogP contribution in [0.1, 0.15) is 23.2 Å². The normalized spacial score (nSPS) is 16.1. The van der Waals surface area contributed by atoms with E-state index < -0.39 is 0 Å². The molecule has 1 fully saturated rings. The lowest BCUT2D eigenvalue weighted by molar-refractivity contribution is 0.0673. The third kappa shape index (κ3) is 4.35. The molecule has 2 aromatic carbocycles. The number of carbonyl (C=O) groups is 1. The van der Waals surface area contributed by atoms with Crippen LogP contribution in [0.2, 0.25) is 5.02 Å². The lowest BCUT2D eigenvalue weighted by Gasteiger charge is -2.14. The van der Waals surface area contributed by atoms with Crippen molar-refractivity contribution in [1.29, 1.82) is 0 Å². The first kappa shape index (κ1) is 18.9. The molecule has 144 valence electrons. The van der Waals surface area contributed by atoms with E-state index in [2.05, 4.69) is 10.3 Å². The highest BCUT2D eigenvalue weighted by atomic mass is 35.5. The van der Waals surface area contributed by atoms with Crippen molar-refractivity contribution >= 4 is 34.0 Å². The maximum absolute atomic E-state index is 12.8. The Balaban J connectivity index is 1.46. The minimum Gasteiger partial charge on any atom is -0.490 e. The highest BCUT2D eigenvalue weighted by Gasteiger charge is 2.19. The van der Waals surface area contributed by atoms with E-state index in [1.165, 1.54) is 11.3 Å². The molecule has 0 bridgehead atoms. The average molecular weight is 415 g/mol. The predicted octanol–water partition coefficient (Wildman–Crippen LogP) is 5.27. The third-order valence-corrected chi connectivity index (χ3v) is 5.54.